The lowest BCUT2D eigenvalue weighted by Gasteiger charge is -2.07. The van der Waals surface area contributed by atoms with E-state index in [1.807, 2.05) is 0 Å². The van der Waals surface area contributed by atoms with E-state index in [4.69, 9.17) is 0 Å². The highest BCUT2D eigenvalue weighted by molar-refractivity contribution is 7.92. The first-order valence-electron chi connectivity index (χ1n) is 6.17. The van der Waals surface area contributed by atoms with Crippen LogP contribution in [0, 0.1) is 13.8 Å². The average molecular weight is 308 g/mol. The molecular weight excluding hydrogens is 292 g/mol. The molecule has 112 valence electrons. The smallest absolute Gasteiger partial charge is 0.266 e. The van der Waals surface area contributed by atoms with Gasteiger partial charge in [-0.05, 0) is 26.0 Å². The number of anilines is 2. The van der Waals surface area contributed by atoms with Gasteiger partial charge in [0, 0.05) is 6.54 Å². The number of aromatic amines is 1. The summed E-state index contributed by atoms with van der Waals surface area (Å²) in [6.07, 6.45) is 1.68. The summed E-state index contributed by atoms with van der Waals surface area (Å²) in [5, 5.41) is 17.1. The second-order valence-electron chi connectivity index (χ2n) is 4.34. The Kier molecular flexibility index (Phi) is 4.22. The molecule has 0 aliphatic carbocycles. The fourth-order valence-electron chi connectivity index (χ4n) is 1.78. The third kappa shape index (κ3) is 3.37. The molecule has 0 radical (unpaired) electrons. The molecule has 0 atom stereocenters. The SMILES string of the molecule is C=CCNc1ccc(NS(=O)(=O)c2c(C)n[nH]c2C)nn1. The molecule has 2 aromatic heterocycles. The molecule has 0 spiro atoms. The van der Waals surface area contributed by atoms with Crippen molar-refractivity contribution in [1.29, 1.82) is 0 Å². The monoisotopic (exact) mass is 308 g/mol. The molecule has 21 heavy (non-hydrogen) atoms. The summed E-state index contributed by atoms with van der Waals surface area (Å²) in [6.45, 7) is 7.38. The van der Waals surface area contributed by atoms with E-state index in [-0.39, 0.29) is 10.7 Å². The zero-order valence-electron chi connectivity index (χ0n) is 11.7. The van der Waals surface area contributed by atoms with Crippen molar-refractivity contribution < 1.29 is 8.42 Å². The third-order valence-corrected chi connectivity index (χ3v) is 4.28. The standard InChI is InChI=1S/C12H16N6O2S/c1-4-7-13-10-5-6-11(17-16-10)18-21(19,20)12-8(2)14-15-9(12)3/h4-6H,1,7H2,2-3H3,(H,13,16)(H,14,15)(H,17,18). The maximum atomic E-state index is 12.3. The molecule has 0 saturated carbocycles. The molecule has 0 bridgehead atoms. The number of hydrogen-bond acceptors (Lipinski definition) is 6. The molecule has 0 unspecified atom stereocenters. The molecule has 0 fully saturated rings. The van der Waals surface area contributed by atoms with Crippen molar-refractivity contribution in [1.82, 2.24) is 20.4 Å². The van der Waals surface area contributed by atoms with E-state index in [0.29, 0.717) is 23.8 Å². The number of aryl methyl sites for hydroxylation is 2. The van der Waals surface area contributed by atoms with Gasteiger partial charge >= 0.3 is 0 Å². The molecule has 8 nitrogen and oxygen atoms in total. The van der Waals surface area contributed by atoms with Gasteiger partial charge in [0.15, 0.2) is 5.82 Å². The first-order valence-corrected chi connectivity index (χ1v) is 7.65. The van der Waals surface area contributed by atoms with Gasteiger partial charge in [-0.3, -0.25) is 9.82 Å². The van der Waals surface area contributed by atoms with Crippen LogP contribution in [0.25, 0.3) is 0 Å². The van der Waals surface area contributed by atoms with E-state index in [0.717, 1.165) is 0 Å². The number of nitrogens with zero attached hydrogens (tertiary/aromatic N) is 3. The van der Waals surface area contributed by atoms with E-state index in [1.165, 1.54) is 6.07 Å². The molecule has 0 aromatic carbocycles. The Morgan fingerprint density at radius 1 is 1.29 bits per heavy atom. The first kappa shape index (κ1) is 15.0. The fourth-order valence-corrected chi connectivity index (χ4v) is 3.15. The van der Waals surface area contributed by atoms with E-state index in [1.54, 1.807) is 26.0 Å². The molecular formula is C12H16N6O2S. The zero-order chi connectivity index (χ0) is 15.5. The van der Waals surface area contributed by atoms with Crippen molar-refractivity contribution in [2.75, 3.05) is 16.6 Å². The highest BCUT2D eigenvalue weighted by Gasteiger charge is 2.22. The molecule has 0 aliphatic heterocycles. The molecule has 2 heterocycles. The second-order valence-corrected chi connectivity index (χ2v) is 5.96. The van der Waals surface area contributed by atoms with Gasteiger partial charge in [0.25, 0.3) is 10.0 Å². The largest absolute Gasteiger partial charge is 0.365 e. The van der Waals surface area contributed by atoms with Gasteiger partial charge in [-0.15, -0.1) is 16.8 Å². The van der Waals surface area contributed by atoms with Crippen molar-refractivity contribution in [3.63, 3.8) is 0 Å². The zero-order valence-corrected chi connectivity index (χ0v) is 12.5. The van der Waals surface area contributed by atoms with E-state index >= 15 is 0 Å². The molecule has 9 heteroatoms. The number of sulfonamides is 1. The maximum Gasteiger partial charge on any atom is 0.266 e. The summed E-state index contributed by atoms with van der Waals surface area (Å²) >= 11 is 0. The summed E-state index contributed by atoms with van der Waals surface area (Å²) < 4.78 is 27.0. The van der Waals surface area contributed by atoms with Gasteiger partial charge in [0.1, 0.15) is 10.7 Å². The molecule has 2 aromatic rings. The van der Waals surface area contributed by atoms with Crippen molar-refractivity contribution >= 4 is 21.7 Å². The summed E-state index contributed by atoms with van der Waals surface area (Å²) in [6, 6.07) is 3.16. The molecule has 3 N–H and O–H groups in total. The minimum atomic E-state index is -3.74. The van der Waals surface area contributed by atoms with Gasteiger partial charge in [-0.2, -0.15) is 5.10 Å². The predicted molar refractivity (Wildman–Crippen MR) is 79.6 cm³/mol. The van der Waals surface area contributed by atoms with Gasteiger partial charge in [0.2, 0.25) is 0 Å². The lowest BCUT2D eigenvalue weighted by Crippen LogP contribution is -2.16. The molecule has 0 aliphatic rings. The summed E-state index contributed by atoms with van der Waals surface area (Å²) in [5.74, 6) is 0.674. The van der Waals surface area contributed by atoms with Crippen molar-refractivity contribution in [2.45, 2.75) is 18.7 Å². The third-order valence-electron chi connectivity index (χ3n) is 2.66. The highest BCUT2D eigenvalue weighted by Crippen LogP contribution is 2.19. The predicted octanol–water partition coefficient (Wildman–Crippen LogP) is 1.22. The van der Waals surface area contributed by atoms with Crippen molar-refractivity contribution in [3.8, 4) is 0 Å². The quantitative estimate of drug-likeness (QED) is 0.691. The lowest BCUT2D eigenvalue weighted by atomic mass is 10.4. The van der Waals surface area contributed by atoms with Crippen LogP contribution in [0.2, 0.25) is 0 Å². The van der Waals surface area contributed by atoms with E-state index in [2.05, 4.69) is 37.0 Å². The number of rotatable bonds is 6. The Morgan fingerprint density at radius 3 is 2.48 bits per heavy atom. The maximum absolute atomic E-state index is 12.3. The Labute approximate surface area is 122 Å². The lowest BCUT2D eigenvalue weighted by molar-refractivity contribution is 0.600. The minimum absolute atomic E-state index is 0.123. The van der Waals surface area contributed by atoms with Gasteiger partial charge < -0.3 is 5.32 Å². The molecule has 0 saturated heterocycles. The van der Waals surface area contributed by atoms with Crippen LogP contribution >= 0.6 is 0 Å². The number of nitrogens with one attached hydrogen (secondary N) is 3. The van der Waals surface area contributed by atoms with Crippen molar-refractivity contribution in [3.05, 3.63) is 36.2 Å². The van der Waals surface area contributed by atoms with Crippen LogP contribution < -0.4 is 10.0 Å². The van der Waals surface area contributed by atoms with Crippen LogP contribution in [0.1, 0.15) is 11.4 Å². The Bertz CT molecular complexity index is 716. The normalized spacial score (nSPS) is 11.1. The van der Waals surface area contributed by atoms with Crippen LogP contribution in [0.3, 0.4) is 0 Å². The second kappa shape index (κ2) is 5.92. The van der Waals surface area contributed by atoms with E-state index in [9.17, 15) is 8.42 Å². The summed E-state index contributed by atoms with van der Waals surface area (Å²) in [7, 11) is -3.74. The van der Waals surface area contributed by atoms with Crippen LogP contribution in [0.15, 0.2) is 29.7 Å². The summed E-state index contributed by atoms with van der Waals surface area (Å²) in [4.78, 5) is 0.123. The molecule has 2 rings (SSSR count). The van der Waals surface area contributed by atoms with Crippen LogP contribution in [-0.2, 0) is 10.0 Å². The first-order chi connectivity index (χ1) is 9.94. The fraction of sp³-hybridized carbons (Fsp3) is 0.250. The van der Waals surface area contributed by atoms with Crippen LogP contribution in [0.4, 0.5) is 11.6 Å². The van der Waals surface area contributed by atoms with Crippen LogP contribution in [-0.4, -0.2) is 35.4 Å². The Hall–Kier alpha value is -2.42. The molecule has 0 amide bonds. The van der Waals surface area contributed by atoms with Gasteiger partial charge in [0.05, 0.1) is 11.4 Å². The number of H-pyrrole nitrogens is 1. The van der Waals surface area contributed by atoms with Gasteiger partial charge in [-0.1, -0.05) is 6.08 Å². The number of hydrogen-bond donors (Lipinski definition) is 3. The Morgan fingerprint density at radius 2 is 1.95 bits per heavy atom. The number of aromatic nitrogens is 4. The van der Waals surface area contributed by atoms with E-state index < -0.39 is 10.0 Å². The highest BCUT2D eigenvalue weighted by atomic mass is 32.2. The van der Waals surface area contributed by atoms with Crippen molar-refractivity contribution in [2.24, 2.45) is 0 Å². The summed E-state index contributed by atoms with van der Waals surface area (Å²) in [5.41, 5.74) is 0.870. The Balaban J connectivity index is 2.19. The van der Waals surface area contributed by atoms with Gasteiger partial charge in [-0.25, -0.2) is 8.42 Å². The van der Waals surface area contributed by atoms with Crippen LogP contribution in [0.5, 0.6) is 0 Å². The minimum Gasteiger partial charge on any atom is -0.365 e. The average Bonchev–Trinajstić information content (AvgIpc) is 2.77. The topological polar surface area (TPSA) is 113 Å².